The van der Waals surface area contributed by atoms with Gasteiger partial charge in [0.15, 0.2) is 0 Å². The van der Waals surface area contributed by atoms with Gasteiger partial charge in [-0.2, -0.15) is 4.31 Å². The molecule has 234 valence electrons. The second kappa shape index (κ2) is 18.0. The predicted molar refractivity (Wildman–Crippen MR) is 167 cm³/mol. The van der Waals surface area contributed by atoms with E-state index in [1.807, 2.05) is 49.1 Å². The number of carbonyl (C=O) groups is 2. The minimum absolute atomic E-state index is 0.0219. The van der Waals surface area contributed by atoms with Crippen molar-refractivity contribution in [2.24, 2.45) is 11.8 Å². The molecule has 2 amide bonds. The van der Waals surface area contributed by atoms with Crippen LogP contribution in [0.15, 0.2) is 65.6 Å². The molecule has 0 radical (unpaired) electrons. The Morgan fingerprint density at radius 1 is 0.881 bits per heavy atom. The average molecular weight is 603 g/mol. The Balaban J connectivity index is 0.00000144. The van der Waals surface area contributed by atoms with Gasteiger partial charge >= 0.3 is 0 Å². The molecule has 3 N–H and O–H groups in total. The summed E-state index contributed by atoms with van der Waals surface area (Å²) < 4.78 is 28.1. The molecule has 0 unspecified atom stereocenters. The molecule has 2 aromatic carbocycles. The summed E-state index contributed by atoms with van der Waals surface area (Å²) in [7, 11) is -3.86. The Labute approximate surface area is 252 Å². The Morgan fingerprint density at radius 2 is 1.43 bits per heavy atom. The van der Waals surface area contributed by atoms with E-state index in [0.717, 1.165) is 37.4 Å². The van der Waals surface area contributed by atoms with Crippen molar-refractivity contribution in [1.82, 2.24) is 19.8 Å². The Hall–Kier alpha value is -2.79. The SMILES string of the molecule is CC(C)C.CC(C)CN(C[C@@H](O)[C@H](Cc1ccccc1)NC(=O)CNC(=O)CN1CCCC1)S(=O)(=O)c1ccccc1. The highest BCUT2D eigenvalue weighted by Crippen LogP contribution is 2.19. The number of hydrogen-bond acceptors (Lipinski definition) is 6. The third kappa shape index (κ3) is 13.0. The summed E-state index contributed by atoms with van der Waals surface area (Å²) in [6.45, 7) is 12.1. The van der Waals surface area contributed by atoms with Crippen LogP contribution in [0.4, 0.5) is 0 Å². The van der Waals surface area contributed by atoms with Crippen LogP contribution in [0.1, 0.15) is 53.0 Å². The molecule has 1 aliphatic heterocycles. The first-order chi connectivity index (χ1) is 19.9. The number of nitrogens with one attached hydrogen (secondary N) is 2. The maximum absolute atomic E-state index is 13.4. The highest BCUT2D eigenvalue weighted by molar-refractivity contribution is 7.89. The van der Waals surface area contributed by atoms with Crippen LogP contribution in [0.25, 0.3) is 0 Å². The lowest BCUT2D eigenvalue weighted by Gasteiger charge is -2.30. The minimum atomic E-state index is -3.86. The molecule has 0 aromatic heterocycles. The molecule has 2 aromatic rings. The number of benzene rings is 2. The van der Waals surface area contributed by atoms with Crippen molar-refractivity contribution in [2.45, 2.75) is 70.9 Å². The van der Waals surface area contributed by atoms with Crippen molar-refractivity contribution < 1.29 is 23.1 Å². The smallest absolute Gasteiger partial charge is 0.243 e. The number of carbonyl (C=O) groups excluding carboxylic acids is 2. The largest absolute Gasteiger partial charge is 0.390 e. The van der Waals surface area contributed by atoms with Crippen molar-refractivity contribution in [3.63, 3.8) is 0 Å². The molecular formula is C32H50N4O5S. The van der Waals surface area contributed by atoms with Gasteiger partial charge in [-0.25, -0.2) is 8.42 Å². The van der Waals surface area contributed by atoms with Crippen molar-refractivity contribution in [2.75, 3.05) is 39.3 Å². The predicted octanol–water partition coefficient (Wildman–Crippen LogP) is 3.30. The molecule has 1 fully saturated rings. The molecule has 2 atom stereocenters. The van der Waals surface area contributed by atoms with E-state index in [1.165, 1.54) is 16.4 Å². The van der Waals surface area contributed by atoms with Crippen LogP contribution >= 0.6 is 0 Å². The van der Waals surface area contributed by atoms with E-state index in [-0.39, 0.29) is 42.9 Å². The fourth-order valence-corrected chi connectivity index (χ4v) is 6.19. The summed E-state index contributed by atoms with van der Waals surface area (Å²) in [6.07, 6.45) is 1.26. The summed E-state index contributed by atoms with van der Waals surface area (Å²) in [5, 5.41) is 16.7. The molecule has 0 spiro atoms. The Morgan fingerprint density at radius 3 is 1.98 bits per heavy atom. The first kappa shape index (κ1) is 35.4. The van der Waals surface area contributed by atoms with E-state index in [0.29, 0.717) is 6.42 Å². The zero-order chi connectivity index (χ0) is 31.1. The van der Waals surface area contributed by atoms with Crippen LogP contribution in [0, 0.1) is 11.8 Å². The summed E-state index contributed by atoms with van der Waals surface area (Å²) in [5.74, 6) is 0.189. The fraction of sp³-hybridized carbons (Fsp3) is 0.562. The van der Waals surface area contributed by atoms with Crippen LogP contribution < -0.4 is 10.6 Å². The molecule has 1 aliphatic rings. The lowest BCUT2D eigenvalue weighted by atomic mass is 10.0. The van der Waals surface area contributed by atoms with Gasteiger partial charge in [0.05, 0.1) is 30.1 Å². The first-order valence-corrected chi connectivity index (χ1v) is 16.4. The van der Waals surface area contributed by atoms with Gasteiger partial charge in [-0.3, -0.25) is 14.5 Å². The summed E-state index contributed by atoms with van der Waals surface area (Å²) in [5.41, 5.74) is 0.885. The zero-order valence-corrected chi connectivity index (χ0v) is 26.6. The highest BCUT2D eigenvalue weighted by Gasteiger charge is 2.31. The first-order valence-electron chi connectivity index (χ1n) is 14.9. The monoisotopic (exact) mass is 602 g/mol. The normalized spacial score (nSPS) is 15.3. The third-order valence-corrected chi connectivity index (χ3v) is 8.31. The van der Waals surface area contributed by atoms with E-state index >= 15 is 0 Å². The highest BCUT2D eigenvalue weighted by atomic mass is 32.2. The molecule has 0 aliphatic carbocycles. The maximum Gasteiger partial charge on any atom is 0.243 e. The van der Waals surface area contributed by atoms with Gasteiger partial charge in [-0.1, -0.05) is 83.1 Å². The fourth-order valence-electron chi connectivity index (χ4n) is 4.54. The second-order valence-corrected chi connectivity index (χ2v) is 13.9. The molecule has 1 saturated heterocycles. The van der Waals surface area contributed by atoms with Gasteiger partial charge in [0.1, 0.15) is 0 Å². The Kier molecular flexibility index (Phi) is 15.2. The van der Waals surface area contributed by atoms with Crippen molar-refractivity contribution in [1.29, 1.82) is 0 Å². The van der Waals surface area contributed by atoms with Crippen LogP contribution in [0.2, 0.25) is 0 Å². The van der Waals surface area contributed by atoms with Gasteiger partial charge in [-0.05, 0) is 61.9 Å². The van der Waals surface area contributed by atoms with Gasteiger partial charge in [-0.15, -0.1) is 0 Å². The van der Waals surface area contributed by atoms with Crippen molar-refractivity contribution in [3.05, 3.63) is 66.2 Å². The topological polar surface area (TPSA) is 119 Å². The molecule has 3 rings (SSSR count). The summed E-state index contributed by atoms with van der Waals surface area (Å²) in [6, 6.07) is 16.7. The molecular weight excluding hydrogens is 552 g/mol. The maximum atomic E-state index is 13.4. The van der Waals surface area contributed by atoms with Gasteiger partial charge in [0.25, 0.3) is 0 Å². The number of likely N-dealkylation sites (tertiary alicyclic amines) is 1. The van der Waals surface area contributed by atoms with Gasteiger partial charge in [0.2, 0.25) is 21.8 Å². The number of aliphatic hydroxyl groups excluding tert-OH is 1. The van der Waals surface area contributed by atoms with Gasteiger partial charge < -0.3 is 15.7 Å². The standard InChI is InChI=1S/C28H40N4O5S.C4H10/c1-22(2)19-32(38(36,37)24-13-7-4-8-14-24)20-26(33)25(17-23-11-5-3-6-12-23)30-27(34)18-29-28(35)21-31-15-9-10-16-31;1-4(2)3/h3-8,11-14,22,25-26,33H,9-10,15-21H2,1-2H3,(H,29,35)(H,30,34);4H,1-3H3/t25-,26+;/m0./s1. The van der Waals surface area contributed by atoms with E-state index in [9.17, 15) is 23.1 Å². The summed E-state index contributed by atoms with van der Waals surface area (Å²) >= 11 is 0. The Bertz CT molecular complexity index is 1170. The number of nitrogens with zero attached hydrogens (tertiary/aromatic N) is 2. The molecule has 9 nitrogen and oxygen atoms in total. The molecule has 0 bridgehead atoms. The van der Waals surface area contributed by atoms with Crippen LogP contribution in [0.3, 0.4) is 0 Å². The quantitative estimate of drug-likeness (QED) is 0.305. The number of aliphatic hydroxyl groups is 1. The van der Waals surface area contributed by atoms with E-state index < -0.39 is 28.1 Å². The minimum Gasteiger partial charge on any atom is -0.390 e. The van der Waals surface area contributed by atoms with E-state index in [1.54, 1.807) is 18.2 Å². The number of amides is 2. The number of sulfonamides is 1. The van der Waals surface area contributed by atoms with Crippen molar-refractivity contribution >= 4 is 21.8 Å². The lowest BCUT2D eigenvalue weighted by molar-refractivity contribution is -0.127. The number of rotatable bonds is 14. The molecule has 10 heteroatoms. The zero-order valence-electron chi connectivity index (χ0n) is 25.8. The molecule has 0 saturated carbocycles. The van der Waals surface area contributed by atoms with Crippen LogP contribution in [-0.2, 0) is 26.0 Å². The van der Waals surface area contributed by atoms with E-state index in [2.05, 4.69) is 31.4 Å². The summed E-state index contributed by atoms with van der Waals surface area (Å²) in [4.78, 5) is 27.2. The van der Waals surface area contributed by atoms with Crippen molar-refractivity contribution in [3.8, 4) is 0 Å². The van der Waals surface area contributed by atoms with Crippen LogP contribution in [0.5, 0.6) is 0 Å². The molecule has 42 heavy (non-hydrogen) atoms. The van der Waals surface area contributed by atoms with Crippen LogP contribution in [-0.4, -0.2) is 86.0 Å². The van der Waals surface area contributed by atoms with Gasteiger partial charge in [0, 0.05) is 13.1 Å². The molecule has 1 heterocycles. The third-order valence-electron chi connectivity index (χ3n) is 6.46. The van der Waals surface area contributed by atoms with E-state index in [4.69, 9.17) is 0 Å². The number of hydrogen-bond donors (Lipinski definition) is 3. The lowest BCUT2D eigenvalue weighted by Crippen LogP contribution is -2.53. The average Bonchev–Trinajstić information content (AvgIpc) is 3.44. The second-order valence-electron chi connectivity index (χ2n) is 12.0.